The van der Waals surface area contributed by atoms with Gasteiger partial charge in [-0.05, 0) is 40.9 Å². The second-order valence-corrected chi connectivity index (χ2v) is 6.79. The highest BCUT2D eigenvalue weighted by Gasteiger charge is 2.41. The first-order valence-electron chi connectivity index (χ1n) is 7.93. The maximum Gasteiger partial charge on any atom is 0.436 e. The van der Waals surface area contributed by atoms with Crippen LogP contribution in [0.4, 0.5) is 18.9 Å². The number of para-hydroxylation sites is 1. The number of anilines is 1. The van der Waals surface area contributed by atoms with Gasteiger partial charge in [0.1, 0.15) is 6.07 Å². The first-order chi connectivity index (χ1) is 12.3. The minimum atomic E-state index is -4.55. The number of hydrogen-bond acceptors (Lipinski definition) is 3. The van der Waals surface area contributed by atoms with E-state index in [0.717, 1.165) is 12.8 Å². The molecule has 0 atom stereocenters. The zero-order chi connectivity index (χ0) is 18.9. The number of alkyl halides is 3. The van der Waals surface area contributed by atoms with E-state index in [-0.39, 0.29) is 23.4 Å². The summed E-state index contributed by atoms with van der Waals surface area (Å²) < 4.78 is 40.5. The minimum absolute atomic E-state index is 0.0288. The molecule has 3 rings (SSSR count). The van der Waals surface area contributed by atoms with Gasteiger partial charge in [-0.15, -0.1) is 0 Å². The summed E-state index contributed by atoms with van der Waals surface area (Å²) in [7, 11) is 0. The summed E-state index contributed by atoms with van der Waals surface area (Å²) in [5, 5.41) is 15.3. The van der Waals surface area contributed by atoms with E-state index in [1.54, 1.807) is 24.3 Å². The number of nitrogens with zero attached hydrogens (tertiary/aromatic N) is 3. The third-order valence-corrected chi connectivity index (χ3v) is 4.82. The molecule has 1 saturated carbocycles. The van der Waals surface area contributed by atoms with Gasteiger partial charge in [0.15, 0.2) is 5.69 Å². The van der Waals surface area contributed by atoms with Crippen molar-refractivity contribution in [3.8, 4) is 6.07 Å². The van der Waals surface area contributed by atoms with Crippen molar-refractivity contribution in [2.24, 2.45) is 0 Å². The van der Waals surface area contributed by atoms with Crippen LogP contribution < -0.4 is 5.32 Å². The molecule has 1 aromatic carbocycles. The lowest BCUT2D eigenvalue weighted by Gasteiger charge is -2.09. The number of rotatable bonds is 5. The van der Waals surface area contributed by atoms with Gasteiger partial charge in [-0.25, -0.2) is 0 Å². The largest absolute Gasteiger partial charge is 0.436 e. The SMILES string of the molecule is N#Cc1ccccc1NC(=O)CCn1nc(C(F)(F)F)c(Br)c1C1CC1. The summed E-state index contributed by atoms with van der Waals surface area (Å²) in [4.78, 5) is 12.1. The number of nitriles is 1. The Kier molecular flexibility index (Phi) is 5.05. The van der Waals surface area contributed by atoms with Crippen LogP contribution in [0.15, 0.2) is 28.7 Å². The van der Waals surface area contributed by atoms with Crippen LogP contribution in [0.25, 0.3) is 0 Å². The van der Waals surface area contributed by atoms with Crippen molar-refractivity contribution in [1.29, 1.82) is 5.26 Å². The molecule has 0 saturated heterocycles. The average molecular weight is 427 g/mol. The van der Waals surface area contributed by atoms with Crippen molar-refractivity contribution in [2.75, 3.05) is 5.32 Å². The van der Waals surface area contributed by atoms with Gasteiger partial charge in [-0.3, -0.25) is 9.48 Å². The summed E-state index contributed by atoms with van der Waals surface area (Å²) >= 11 is 3.02. The van der Waals surface area contributed by atoms with Gasteiger partial charge in [0.2, 0.25) is 5.91 Å². The Morgan fingerprint density at radius 2 is 2.08 bits per heavy atom. The van der Waals surface area contributed by atoms with E-state index < -0.39 is 17.8 Å². The lowest BCUT2D eigenvalue weighted by Crippen LogP contribution is -2.17. The highest BCUT2D eigenvalue weighted by molar-refractivity contribution is 9.10. The fraction of sp³-hybridized carbons (Fsp3) is 0.353. The monoisotopic (exact) mass is 426 g/mol. The summed E-state index contributed by atoms with van der Waals surface area (Å²) in [6.07, 6.45) is -2.99. The van der Waals surface area contributed by atoms with Crippen LogP contribution in [0.3, 0.4) is 0 Å². The zero-order valence-electron chi connectivity index (χ0n) is 13.5. The molecule has 0 bridgehead atoms. The van der Waals surface area contributed by atoms with Crippen LogP contribution in [0.2, 0.25) is 0 Å². The molecule has 1 aromatic heterocycles. The van der Waals surface area contributed by atoms with Gasteiger partial charge in [-0.1, -0.05) is 12.1 Å². The van der Waals surface area contributed by atoms with Gasteiger partial charge in [0.25, 0.3) is 0 Å². The summed E-state index contributed by atoms with van der Waals surface area (Å²) in [6.45, 7) is 0.0288. The number of carbonyl (C=O) groups is 1. The molecule has 1 N–H and O–H groups in total. The lowest BCUT2D eigenvalue weighted by molar-refractivity contribution is -0.142. The van der Waals surface area contributed by atoms with Gasteiger partial charge in [0.05, 0.1) is 28.0 Å². The number of benzene rings is 1. The van der Waals surface area contributed by atoms with Crippen molar-refractivity contribution in [1.82, 2.24) is 9.78 Å². The molecule has 26 heavy (non-hydrogen) atoms. The van der Waals surface area contributed by atoms with E-state index >= 15 is 0 Å². The molecule has 1 heterocycles. The van der Waals surface area contributed by atoms with Gasteiger partial charge in [0, 0.05) is 12.3 Å². The standard InChI is InChI=1S/C17H14BrF3N4O/c18-14-15(10-5-6-10)25(24-16(14)17(19,20)21)8-7-13(26)23-12-4-2-1-3-11(12)9-22/h1-4,10H,5-8H2,(H,23,26). The number of hydrogen-bond donors (Lipinski definition) is 1. The van der Waals surface area contributed by atoms with Crippen LogP contribution in [-0.2, 0) is 17.5 Å². The molecule has 1 aliphatic rings. The highest BCUT2D eigenvalue weighted by Crippen LogP contribution is 2.47. The molecule has 1 amide bonds. The molecule has 1 aliphatic carbocycles. The molecule has 0 spiro atoms. The molecular weight excluding hydrogens is 413 g/mol. The number of aryl methyl sites for hydroxylation is 1. The molecule has 5 nitrogen and oxygen atoms in total. The van der Waals surface area contributed by atoms with Crippen molar-refractivity contribution >= 4 is 27.5 Å². The Hall–Kier alpha value is -2.34. The smallest absolute Gasteiger partial charge is 0.325 e. The summed E-state index contributed by atoms with van der Waals surface area (Å²) in [6, 6.07) is 8.50. The van der Waals surface area contributed by atoms with Crippen LogP contribution >= 0.6 is 15.9 Å². The average Bonchev–Trinajstić information content (AvgIpc) is 3.35. The van der Waals surface area contributed by atoms with Gasteiger partial charge < -0.3 is 5.32 Å². The molecule has 1 fully saturated rings. The Morgan fingerprint density at radius 3 is 2.69 bits per heavy atom. The summed E-state index contributed by atoms with van der Waals surface area (Å²) in [5.41, 5.74) is 0.220. The maximum absolute atomic E-state index is 13.1. The number of aromatic nitrogens is 2. The predicted molar refractivity (Wildman–Crippen MR) is 91.3 cm³/mol. The third kappa shape index (κ3) is 3.90. The number of nitrogens with one attached hydrogen (secondary N) is 1. The molecule has 9 heteroatoms. The van der Waals surface area contributed by atoms with Gasteiger partial charge in [-0.2, -0.15) is 23.5 Å². The molecular formula is C17H14BrF3N4O. The fourth-order valence-electron chi connectivity index (χ4n) is 2.66. The van der Waals surface area contributed by atoms with E-state index in [0.29, 0.717) is 16.9 Å². The first-order valence-corrected chi connectivity index (χ1v) is 8.73. The molecule has 0 unspecified atom stereocenters. The van der Waals surface area contributed by atoms with Crippen molar-refractivity contribution < 1.29 is 18.0 Å². The second kappa shape index (κ2) is 7.11. The summed E-state index contributed by atoms with van der Waals surface area (Å²) in [5.74, 6) is -0.357. The molecule has 0 aliphatic heterocycles. The molecule has 0 radical (unpaired) electrons. The zero-order valence-corrected chi connectivity index (χ0v) is 15.1. The lowest BCUT2D eigenvalue weighted by atomic mass is 10.2. The van der Waals surface area contributed by atoms with Crippen LogP contribution in [0, 0.1) is 11.3 Å². The van der Waals surface area contributed by atoms with E-state index in [9.17, 15) is 18.0 Å². The number of amides is 1. The first kappa shape index (κ1) is 18.5. The van der Waals surface area contributed by atoms with Crippen molar-refractivity contribution in [3.05, 3.63) is 45.7 Å². The predicted octanol–water partition coefficient (Wildman–Crippen LogP) is 4.44. The Balaban J connectivity index is 1.73. The Bertz CT molecular complexity index is 881. The van der Waals surface area contributed by atoms with Crippen LogP contribution in [-0.4, -0.2) is 15.7 Å². The van der Waals surface area contributed by atoms with Crippen LogP contribution in [0.1, 0.15) is 42.1 Å². The second-order valence-electron chi connectivity index (χ2n) is 6.00. The van der Waals surface area contributed by atoms with E-state index in [1.807, 2.05) is 6.07 Å². The van der Waals surface area contributed by atoms with E-state index in [4.69, 9.17) is 5.26 Å². The normalized spacial score (nSPS) is 14.1. The van der Waals surface area contributed by atoms with E-state index in [1.165, 1.54) is 4.68 Å². The third-order valence-electron chi connectivity index (χ3n) is 4.04. The molecule has 136 valence electrons. The fourth-order valence-corrected chi connectivity index (χ4v) is 3.49. The maximum atomic E-state index is 13.1. The highest BCUT2D eigenvalue weighted by atomic mass is 79.9. The van der Waals surface area contributed by atoms with Crippen molar-refractivity contribution in [2.45, 2.75) is 37.9 Å². The Labute approximate surface area is 155 Å². The van der Waals surface area contributed by atoms with Crippen molar-refractivity contribution in [3.63, 3.8) is 0 Å². The Morgan fingerprint density at radius 1 is 1.38 bits per heavy atom. The van der Waals surface area contributed by atoms with Gasteiger partial charge >= 0.3 is 6.18 Å². The van der Waals surface area contributed by atoms with E-state index in [2.05, 4.69) is 26.3 Å². The number of carbonyl (C=O) groups excluding carboxylic acids is 1. The molecule has 2 aromatic rings. The minimum Gasteiger partial charge on any atom is -0.325 e. The quantitative estimate of drug-likeness (QED) is 0.767. The number of halogens is 4. The topological polar surface area (TPSA) is 70.7 Å². The van der Waals surface area contributed by atoms with Crippen LogP contribution in [0.5, 0.6) is 0 Å².